The summed E-state index contributed by atoms with van der Waals surface area (Å²) in [6, 6.07) is -0.984. The largest absolute Gasteiger partial charge is 0.394 e. The average molecular weight is 1110 g/mol. The van der Waals surface area contributed by atoms with E-state index < -0.39 is 124 Å². The molecule has 3 aliphatic rings. The van der Waals surface area contributed by atoms with E-state index in [9.17, 15) is 61.0 Å². The lowest BCUT2D eigenvalue weighted by Gasteiger charge is -2.48. The number of aliphatic hydroxyl groups is 11. The molecule has 3 saturated heterocycles. The van der Waals surface area contributed by atoms with Crippen LogP contribution in [0.2, 0.25) is 0 Å². The fourth-order valence-electron chi connectivity index (χ4n) is 9.19. The summed E-state index contributed by atoms with van der Waals surface area (Å²) in [5.41, 5.74) is 0. The predicted octanol–water partition coefficient (Wildman–Crippen LogP) is 4.42. The number of unbranched alkanes of at least 4 members (excludes halogenated alkanes) is 12. The Morgan fingerprint density at radius 2 is 0.885 bits per heavy atom. The average Bonchev–Trinajstić information content (AvgIpc) is 3.48. The van der Waals surface area contributed by atoms with Crippen LogP contribution in [0.15, 0.2) is 85.1 Å². The van der Waals surface area contributed by atoms with E-state index in [0.29, 0.717) is 6.42 Å². The molecule has 3 aliphatic heterocycles. The molecule has 0 spiro atoms. The maximum atomic E-state index is 13.3. The van der Waals surface area contributed by atoms with E-state index in [-0.39, 0.29) is 18.9 Å². The van der Waals surface area contributed by atoms with Crippen LogP contribution in [0.3, 0.4) is 0 Å². The van der Waals surface area contributed by atoms with Gasteiger partial charge in [-0.2, -0.15) is 0 Å². The summed E-state index contributed by atoms with van der Waals surface area (Å²) in [6.07, 6.45) is 23.1. The Labute approximate surface area is 463 Å². The zero-order valence-corrected chi connectivity index (χ0v) is 46.4. The molecule has 17 unspecified atom stereocenters. The van der Waals surface area contributed by atoms with Gasteiger partial charge in [-0.05, 0) is 70.6 Å². The van der Waals surface area contributed by atoms with Gasteiger partial charge in [0.05, 0.1) is 38.6 Å². The van der Waals surface area contributed by atoms with Crippen LogP contribution >= 0.6 is 0 Å². The Morgan fingerprint density at radius 3 is 1.38 bits per heavy atom. The van der Waals surface area contributed by atoms with Crippen LogP contribution in [-0.4, -0.2) is 193 Å². The lowest BCUT2D eigenvalue weighted by Crippen LogP contribution is -2.66. The Balaban J connectivity index is 1.45. The van der Waals surface area contributed by atoms with Crippen LogP contribution in [0.5, 0.6) is 0 Å². The first kappa shape index (κ1) is 69.2. The fraction of sp³-hybridized carbons (Fsp3) is 0.746. The number of carbonyl (C=O) groups is 1. The molecule has 448 valence electrons. The quantitative estimate of drug-likeness (QED) is 0.0299. The second kappa shape index (κ2) is 41.9. The maximum absolute atomic E-state index is 13.3. The van der Waals surface area contributed by atoms with Gasteiger partial charge in [-0.3, -0.25) is 4.79 Å². The minimum absolute atomic E-state index is 0.220. The summed E-state index contributed by atoms with van der Waals surface area (Å²) >= 11 is 0. The van der Waals surface area contributed by atoms with Crippen molar-refractivity contribution in [1.82, 2.24) is 5.32 Å². The van der Waals surface area contributed by atoms with Gasteiger partial charge in [0, 0.05) is 6.42 Å². The minimum Gasteiger partial charge on any atom is -0.394 e. The SMILES string of the molecule is CC/C=C\C/C=C\C/C=C\C/C=C\C/C=C\C/C=C\CCCCCCCCC(=O)NC(COC1OC(CO)C(OC2OC(CO)C(OC3OC(CO)C(O)C(O)C3O)C(O)C2O)C(O)C1O)C(O)/C=C/CCCCCCCC. The first-order valence-electron chi connectivity index (χ1n) is 28.8. The van der Waals surface area contributed by atoms with Crippen LogP contribution in [-0.2, 0) is 33.2 Å². The summed E-state index contributed by atoms with van der Waals surface area (Å²) in [4.78, 5) is 13.3. The number of amides is 1. The van der Waals surface area contributed by atoms with Gasteiger partial charge in [0.25, 0.3) is 0 Å². The van der Waals surface area contributed by atoms with Gasteiger partial charge in [0.2, 0.25) is 5.91 Å². The Hall–Kier alpha value is -3.03. The molecule has 3 fully saturated rings. The van der Waals surface area contributed by atoms with Crippen molar-refractivity contribution in [3.63, 3.8) is 0 Å². The highest BCUT2D eigenvalue weighted by atomic mass is 16.8. The maximum Gasteiger partial charge on any atom is 0.220 e. The molecule has 12 N–H and O–H groups in total. The third-order valence-electron chi connectivity index (χ3n) is 13.9. The van der Waals surface area contributed by atoms with E-state index in [1.54, 1.807) is 6.08 Å². The lowest BCUT2D eigenvalue weighted by molar-refractivity contribution is -0.379. The Morgan fingerprint density at radius 1 is 0.474 bits per heavy atom. The molecule has 0 radical (unpaired) electrons. The van der Waals surface area contributed by atoms with Crippen molar-refractivity contribution in [2.75, 3.05) is 26.4 Å². The second-order valence-electron chi connectivity index (χ2n) is 20.4. The molecule has 19 nitrogen and oxygen atoms in total. The summed E-state index contributed by atoms with van der Waals surface area (Å²) in [6.45, 7) is 1.50. The molecule has 17 atom stereocenters. The molecule has 3 heterocycles. The van der Waals surface area contributed by atoms with E-state index in [4.69, 9.17) is 28.4 Å². The highest BCUT2D eigenvalue weighted by Gasteiger charge is 2.53. The molecular weight excluding hydrogens is 1010 g/mol. The first-order chi connectivity index (χ1) is 37.8. The molecule has 0 aromatic heterocycles. The third-order valence-corrected chi connectivity index (χ3v) is 13.9. The van der Waals surface area contributed by atoms with Gasteiger partial charge < -0.3 is 89.9 Å². The third kappa shape index (κ3) is 25.8. The first-order valence-corrected chi connectivity index (χ1v) is 28.8. The molecule has 0 saturated carbocycles. The number of ether oxygens (including phenoxy) is 6. The molecule has 0 aromatic rings. The number of allylic oxidation sites excluding steroid dienone is 13. The van der Waals surface area contributed by atoms with Crippen molar-refractivity contribution in [3.05, 3.63) is 85.1 Å². The van der Waals surface area contributed by atoms with E-state index in [2.05, 4.69) is 92.1 Å². The number of hydrogen-bond acceptors (Lipinski definition) is 18. The van der Waals surface area contributed by atoms with Gasteiger partial charge in [0.15, 0.2) is 18.9 Å². The number of rotatable bonds is 40. The van der Waals surface area contributed by atoms with Crippen molar-refractivity contribution >= 4 is 5.91 Å². The van der Waals surface area contributed by atoms with Crippen molar-refractivity contribution in [3.8, 4) is 0 Å². The minimum atomic E-state index is -1.98. The molecule has 0 bridgehead atoms. The van der Waals surface area contributed by atoms with Crippen molar-refractivity contribution < 1.29 is 89.4 Å². The zero-order chi connectivity index (χ0) is 56.9. The van der Waals surface area contributed by atoms with E-state index in [1.165, 1.54) is 12.8 Å². The number of hydrogen-bond donors (Lipinski definition) is 12. The molecule has 78 heavy (non-hydrogen) atoms. The van der Waals surface area contributed by atoms with Gasteiger partial charge in [-0.1, -0.05) is 157 Å². The normalized spacial score (nSPS) is 31.1. The van der Waals surface area contributed by atoms with Crippen LogP contribution in [0.4, 0.5) is 0 Å². The summed E-state index contributed by atoms with van der Waals surface area (Å²) in [5, 5.41) is 120. The summed E-state index contributed by atoms with van der Waals surface area (Å²) < 4.78 is 34.1. The second-order valence-corrected chi connectivity index (χ2v) is 20.4. The molecule has 19 heteroatoms. The van der Waals surface area contributed by atoms with Gasteiger partial charge in [-0.15, -0.1) is 0 Å². The standard InChI is InChI=1S/C59H99NO18/c1-3-5-7-9-11-13-14-15-16-17-18-19-20-21-22-23-24-25-26-27-28-29-31-33-35-37-47(65)60-42(43(64)36-34-32-30-12-10-8-6-4-2)41-73-57-53(71)50(68)55(45(39-62)75-57)78-59-54(72)51(69)56(46(40-63)76-59)77-58-52(70)49(67)48(66)44(38-61)74-58/h5,7,11,13,15-16,18-19,21-22,24-25,34,36,42-46,48-59,61-64,66-72H,3-4,6,8-10,12,14,17,20,23,26-33,35,37-41H2,1-2H3,(H,60,65)/b7-5-,13-11-,16-15-,19-18-,22-21-,25-24-,36-34+. The van der Waals surface area contributed by atoms with Gasteiger partial charge in [0.1, 0.15) is 73.2 Å². The topological polar surface area (TPSA) is 307 Å². The number of aliphatic hydroxyl groups excluding tert-OH is 11. The van der Waals surface area contributed by atoms with E-state index in [0.717, 1.165) is 109 Å². The Kier molecular flexibility index (Phi) is 37.2. The van der Waals surface area contributed by atoms with Crippen molar-refractivity contribution in [2.45, 2.75) is 253 Å². The van der Waals surface area contributed by atoms with E-state index in [1.807, 2.05) is 6.08 Å². The monoisotopic (exact) mass is 1110 g/mol. The Bertz CT molecular complexity index is 1750. The lowest BCUT2D eigenvalue weighted by atomic mass is 9.96. The van der Waals surface area contributed by atoms with Gasteiger partial charge in [-0.25, -0.2) is 0 Å². The molecule has 0 aromatic carbocycles. The van der Waals surface area contributed by atoms with Crippen LogP contribution < -0.4 is 5.32 Å². The van der Waals surface area contributed by atoms with Crippen LogP contribution in [0.1, 0.15) is 149 Å². The van der Waals surface area contributed by atoms with Crippen LogP contribution in [0, 0.1) is 0 Å². The smallest absolute Gasteiger partial charge is 0.220 e. The highest BCUT2D eigenvalue weighted by Crippen LogP contribution is 2.33. The van der Waals surface area contributed by atoms with E-state index >= 15 is 0 Å². The van der Waals surface area contributed by atoms with Gasteiger partial charge >= 0.3 is 0 Å². The molecule has 3 rings (SSSR count). The summed E-state index contributed by atoms with van der Waals surface area (Å²) in [7, 11) is 0. The number of nitrogens with one attached hydrogen (secondary N) is 1. The van der Waals surface area contributed by atoms with Crippen LogP contribution in [0.25, 0.3) is 0 Å². The summed E-state index contributed by atoms with van der Waals surface area (Å²) in [5.74, 6) is -0.299. The zero-order valence-electron chi connectivity index (χ0n) is 46.4. The van der Waals surface area contributed by atoms with Crippen molar-refractivity contribution in [2.24, 2.45) is 0 Å². The predicted molar refractivity (Wildman–Crippen MR) is 295 cm³/mol. The molecular formula is C59H99NO18. The molecule has 0 aliphatic carbocycles. The van der Waals surface area contributed by atoms with Crippen molar-refractivity contribution in [1.29, 1.82) is 0 Å². The molecule has 1 amide bonds. The fourth-order valence-corrected chi connectivity index (χ4v) is 9.19. The number of carbonyl (C=O) groups excluding carboxylic acids is 1. The highest BCUT2D eigenvalue weighted by molar-refractivity contribution is 5.76.